The number of nitrogens with two attached hydrogens (primary N) is 1. The van der Waals surface area contributed by atoms with Crippen LogP contribution in [0.4, 0.5) is 0 Å². The van der Waals surface area contributed by atoms with Crippen LogP contribution in [0.3, 0.4) is 0 Å². The highest BCUT2D eigenvalue weighted by molar-refractivity contribution is 7.99. The van der Waals surface area contributed by atoms with Crippen molar-refractivity contribution in [3.63, 3.8) is 0 Å². The molecular formula is C12H25NO2S. The minimum absolute atomic E-state index is 0.111. The predicted octanol–water partition coefficient (Wildman–Crippen LogP) is 2.29. The molecule has 0 aliphatic carbocycles. The van der Waals surface area contributed by atoms with Crippen LogP contribution in [-0.4, -0.2) is 30.1 Å². The molecule has 0 aromatic rings. The third-order valence-electron chi connectivity index (χ3n) is 2.79. The Kier molecular flexibility index (Phi) is 8.76. The molecule has 0 saturated carbocycles. The first-order valence-electron chi connectivity index (χ1n) is 5.98. The van der Waals surface area contributed by atoms with Crippen LogP contribution in [0.5, 0.6) is 0 Å². The molecule has 4 heteroatoms. The maximum Gasteiger partial charge on any atom is 0.306 e. The van der Waals surface area contributed by atoms with E-state index in [-0.39, 0.29) is 12.0 Å². The molecule has 16 heavy (non-hydrogen) atoms. The van der Waals surface area contributed by atoms with E-state index in [1.807, 2.05) is 6.92 Å². The van der Waals surface area contributed by atoms with Gasteiger partial charge in [-0.3, -0.25) is 4.79 Å². The molecule has 0 aromatic carbocycles. The molecule has 2 N–H and O–H groups in total. The Morgan fingerprint density at radius 2 is 2.00 bits per heavy atom. The summed E-state index contributed by atoms with van der Waals surface area (Å²) in [5.74, 6) is 2.74. The molecule has 0 spiro atoms. The molecule has 0 aromatic heterocycles. The number of ether oxygens (including phenoxy) is 1. The number of hydrogen-bond acceptors (Lipinski definition) is 4. The predicted molar refractivity (Wildman–Crippen MR) is 70.6 cm³/mol. The Morgan fingerprint density at radius 3 is 2.50 bits per heavy atom. The zero-order valence-corrected chi connectivity index (χ0v) is 11.7. The third-order valence-corrected chi connectivity index (χ3v) is 3.91. The second kappa shape index (κ2) is 8.88. The molecule has 0 bridgehead atoms. The lowest BCUT2D eigenvalue weighted by Crippen LogP contribution is -2.33. The van der Waals surface area contributed by atoms with Gasteiger partial charge in [-0.2, -0.15) is 11.8 Å². The van der Waals surface area contributed by atoms with Gasteiger partial charge in [-0.25, -0.2) is 0 Å². The van der Waals surface area contributed by atoms with Crippen LogP contribution in [0.25, 0.3) is 0 Å². The SMILES string of the molecule is CCOC(=O)CCSC[C@@H](N)[C@H](C)C(C)C. The van der Waals surface area contributed by atoms with Gasteiger partial charge in [0.25, 0.3) is 0 Å². The fourth-order valence-corrected chi connectivity index (χ4v) is 2.31. The number of thioether (sulfide) groups is 1. The van der Waals surface area contributed by atoms with Gasteiger partial charge in [0.05, 0.1) is 13.0 Å². The summed E-state index contributed by atoms with van der Waals surface area (Å²) >= 11 is 1.74. The minimum atomic E-state index is -0.111. The lowest BCUT2D eigenvalue weighted by molar-refractivity contribution is -0.142. The molecule has 0 saturated heterocycles. The summed E-state index contributed by atoms with van der Waals surface area (Å²) in [7, 11) is 0. The molecule has 0 aliphatic heterocycles. The van der Waals surface area contributed by atoms with Gasteiger partial charge in [0.1, 0.15) is 0 Å². The van der Waals surface area contributed by atoms with Crippen LogP contribution < -0.4 is 5.73 Å². The molecule has 96 valence electrons. The van der Waals surface area contributed by atoms with Gasteiger partial charge in [-0.1, -0.05) is 20.8 Å². The number of esters is 1. The van der Waals surface area contributed by atoms with Crippen molar-refractivity contribution >= 4 is 17.7 Å². The molecule has 0 rings (SSSR count). The van der Waals surface area contributed by atoms with E-state index in [0.717, 1.165) is 11.5 Å². The molecule has 3 nitrogen and oxygen atoms in total. The average molecular weight is 247 g/mol. The van der Waals surface area contributed by atoms with Gasteiger partial charge >= 0.3 is 5.97 Å². The van der Waals surface area contributed by atoms with Gasteiger partial charge in [0.2, 0.25) is 0 Å². The van der Waals surface area contributed by atoms with E-state index in [0.29, 0.717) is 24.9 Å². The van der Waals surface area contributed by atoms with Crippen molar-refractivity contribution in [1.29, 1.82) is 0 Å². The van der Waals surface area contributed by atoms with Crippen LogP contribution in [-0.2, 0) is 9.53 Å². The molecule has 0 unspecified atom stereocenters. The Hall–Kier alpha value is -0.220. The van der Waals surface area contributed by atoms with Crippen LogP contribution in [0.2, 0.25) is 0 Å². The van der Waals surface area contributed by atoms with Gasteiger partial charge in [-0.05, 0) is 18.8 Å². The Bertz CT molecular complexity index is 197. The van der Waals surface area contributed by atoms with Gasteiger partial charge < -0.3 is 10.5 Å². The fourth-order valence-electron chi connectivity index (χ4n) is 1.25. The zero-order chi connectivity index (χ0) is 12.6. The van der Waals surface area contributed by atoms with Crippen molar-refractivity contribution in [1.82, 2.24) is 0 Å². The number of hydrogen-bond donors (Lipinski definition) is 1. The summed E-state index contributed by atoms with van der Waals surface area (Å²) in [5.41, 5.74) is 6.06. The van der Waals surface area contributed by atoms with E-state index in [2.05, 4.69) is 20.8 Å². The van der Waals surface area contributed by atoms with E-state index in [1.165, 1.54) is 0 Å². The third kappa shape index (κ3) is 7.12. The van der Waals surface area contributed by atoms with Crippen molar-refractivity contribution in [2.45, 2.75) is 40.2 Å². The van der Waals surface area contributed by atoms with Gasteiger partial charge in [0, 0.05) is 17.5 Å². The number of carbonyl (C=O) groups excluding carboxylic acids is 1. The fraction of sp³-hybridized carbons (Fsp3) is 0.917. The lowest BCUT2D eigenvalue weighted by atomic mass is 9.92. The summed E-state index contributed by atoms with van der Waals surface area (Å²) in [6.07, 6.45) is 0.487. The summed E-state index contributed by atoms with van der Waals surface area (Å²) in [6, 6.07) is 0.215. The summed E-state index contributed by atoms with van der Waals surface area (Å²) in [4.78, 5) is 11.1. The molecular weight excluding hydrogens is 222 g/mol. The number of carbonyl (C=O) groups is 1. The highest BCUT2D eigenvalue weighted by Gasteiger charge is 2.16. The smallest absolute Gasteiger partial charge is 0.306 e. The zero-order valence-electron chi connectivity index (χ0n) is 10.9. The molecule has 2 atom stereocenters. The van der Waals surface area contributed by atoms with Crippen LogP contribution >= 0.6 is 11.8 Å². The minimum Gasteiger partial charge on any atom is -0.466 e. The average Bonchev–Trinajstić information content (AvgIpc) is 2.23. The van der Waals surface area contributed by atoms with Crippen LogP contribution in [0, 0.1) is 11.8 Å². The maximum atomic E-state index is 11.1. The van der Waals surface area contributed by atoms with E-state index in [9.17, 15) is 4.79 Å². The second-order valence-corrected chi connectivity index (χ2v) is 5.55. The molecule has 0 heterocycles. The quantitative estimate of drug-likeness (QED) is 0.528. The van der Waals surface area contributed by atoms with E-state index < -0.39 is 0 Å². The van der Waals surface area contributed by atoms with E-state index >= 15 is 0 Å². The number of rotatable bonds is 8. The first kappa shape index (κ1) is 15.8. The Balaban J connectivity index is 3.55. The Morgan fingerprint density at radius 1 is 1.38 bits per heavy atom. The summed E-state index contributed by atoms with van der Waals surface area (Å²) < 4.78 is 4.85. The first-order valence-corrected chi connectivity index (χ1v) is 7.13. The largest absolute Gasteiger partial charge is 0.466 e. The van der Waals surface area contributed by atoms with Crippen molar-refractivity contribution in [3.8, 4) is 0 Å². The Labute approximate surface area is 103 Å². The highest BCUT2D eigenvalue weighted by Crippen LogP contribution is 2.16. The normalized spacial score (nSPS) is 14.9. The van der Waals surface area contributed by atoms with E-state index in [4.69, 9.17) is 10.5 Å². The van der Waals surface area contributed by atoms with Crippen LogP contribution in [0.15, 0.2) is 0 Å². The van der Waals surface area contributed by atoms with E-state index in [1.54, 1.807) is 11.8 Å². The van der Waals surface area contributed by atoms with Crippen molar-refractivity contribution in [2.75, 3.05) is 18.1 Å². The first-order chi connectivity index (χ1) is 7.49. The standard InChI is InChI=1S/C12H25NO2S/c1-5-15-12(14)6-7-16-8-11(13)10(4)9(2)3/h9-11H,5-8,13H2,1-4H3/t10-,11-/m1/s1. The lowest BCUT2D eigenvalue weighted by Gasteiger charge is -2.22. The van der Waals surface area contributed by atoms with Gasteiger partial charge in [0.15, 0.2) is 0 Å². The molecule has 0 amide bonds. The maximum absolute atomic E-state index is 11.1. The second-order valence-electron chi connectivity index (χ2n) is 4.40. The van der Waals surface area contributed by atoms with Crippen molar-refractivity contribution in [3.05, 3.63) is 0 Å². The van der Waals surface area contributed by atoms with Crippen LogP contribution in [0.1, 0.15) is 34.1 Å². The molecule has 0 aliphatic rings. The molecule has 0 radical (unpaired) electrons. The summed E-state index contributed by atoms with van der Waals surface area (Å²) in [5, 5.41) is 0. The monoisotopic (exact) mass is 247 g/mol. The van der Waals surface area contributed by atoms with Crippen molar-refractivity contribution in [2.24, 2.45) is 17.6 Å². The van der Waals surface area contributed by atoms with Gasteiger partial charge in [-0.15, -0.1) is 0 Å². The molecule has 0 fully saturated rings. The summed E-state index contributed by atoms with van der Waals surface area (Å²) in [6.45, 7) is 8.85. The van der Waals surface area contributed by atoms with Crippen molar-refractivity contribution < 1.29 is 9.53 Å². The highest BCUT2D eigenvalue weighted by atomic mass is 32.2. The topological polar surface area (TPSA) is 52.3 Å².